The number of hydrogen-bond donors (Lipinski definition) is 1. The van der Waals surface area contributed by atoms with Gasteiger partial charge in [0.15, 0.2) is 5.82 Å². The molecule has 1 fully saturated rings. The van der Waals surface area contributed by atoms with Gasteiger partial charge in [0.05, 0.1) is 12.6 Å². The highest BCUT2D eigenvalue weighted by Gasteiger charge is 2.34. The molecule has 2 aromatic heterocycles. The number of amides is 1. The van der Waals surface area contributed by atoms with Gasteiger partial charge >= 0.3 is 0 Å². The van der Waals surface area contributed by atoms with Gasteiger partial charge in [-0.1, -0.05) is 13.8 Å². The molecular weight excluding hydrogens is 318 g/mol. The highest BCUT2D eigenvalue weighted by atomic mass is 16.7. The van der Waals surface area contributed by atoms with E-state index in [4.69, 9.17) is 15.6 Å². The van der Waals surface area contributed by atoms with Crippen LogP contribution in [0.2, 0.25) is 0 Å². The lowest BCUT2D eigenvalue weighted by Crippen LogP contribution is -2.32. The van der Waals surface area contributed by atoms with E-state index in [1.54, 1.807) is 0 Å². The van der Waals surface area contributed by atoms with E-state index in [0.717, 1.165) is 42.0 Å². The molecule has 0 aliphatic heterocycles. The standard InChI is InChI=1S/C18H27N5O2/c1-10(2)8-22-14(9-23(25-5)18(24)13-6-7-13)21-15-16(22)11(3)12(4)20-17(15)19/h10,13H,6-9H2,1-5H3,(H2,19,20). The minimum absolute atomic E-state index is 0.0321. The van der Waals surface area contributed by atoms with E-state index in [-0.39, 0.29) is 11.8 Å². The van der Waals surface area contributed by atoms with Crippen molar-refractivity contribution in [2.24, 2.45) is 11.8 Å². The lowest BCUT2D eigenvalue weighted by atomic mass is 10.1. The van der Waals surface area contributed by atoms with Gasteiger partial charge in [-0.15, -0.1) is 0 Å². The first-order chi connectivity index (χ1) is 11.8. The molecule has 0 atom stereocenters. The van der Waals surface area contributed by atoms with Gasteiger partial charge in [0, 0.05) is 18.2 Å². The normalized spacial score (nSPS) is 14.5. The van der Waals surface area contributed by atoms with Crippen molar-refractivity contribution in [2.45, 2.75) is 53.6 Å². The summed E-state index contributed by atoms with van der Waals surface area (Å²) in [6.45, 7) is 9.42. The van der Waals surface area contributed by atoms with Crippen LogP contribution >= 0.6 is 0 Å². The van der Waals surface area contributed by atoms with Crippen molar-refractivity contribution in [3.63, 3.8) is 0 Å². The first-order valence-electron chi connectivity index (χ1n) is 8.80. The quantitative estimate of drug-likeness (QED) is 0.813. The monoisotopic (exact) mass is 345 g/mol. The summed E-state index contributed by atoms with van der Waals surface area (Å²) in [5.74, 6) is 1.77. The average Bonchev–Trinajstić information content (AvgIpc) is 3.33. The third-order valence-electron chi connectivity index (χ3n) is 4.70. The van der Waals surface area contributed by atoms with Crippen LogP contribution in [0.5, 0.6) is 0 Å². The van der Waals surface area contributed by atoms with Gasteiger partial charge < -0.3 is 10.3 Å². The zero-order chi connectivity index (χ0) is 18.3. The molecule has 3 rings (SSSR count). The van der Waals surface area contributed by atoms with Crippen molar-refractivity contribution < 1.29 is 9.63 Å². The number of carbonyl (C=O) groups is 1. The maximum atomic E-state index is 12.4. The van der Waals surface area contributed by atoms with Crippen LogP contribution in [-0.2, 0) is 22.7 Å². The number of hydrogen-bond acceptors (Lipinski definition) is 5. The number of nitrogens with two attached hydrogens (primary N) is 1. The number of nitrogen functional groups attached to an aromatic ring is 1. The molecule has 0 aromatic carbocycles. The van der Waals surface area contributed by atoms with Crippen LogP contribution in [0, 0.1) is 25.7 Å². The highest BCUT2D eigenvalue weighted by Crippen LogP contribution is 2.32. The minimum atomic E-state index is 0.0321. The summed E-state index contributed by atoms with van der Waals surface area (Å²) in [6, 6.07) is 0. The Labute approximate surface area is 148 Å². The van der Waals surface area contributed by atoms with Crippen LogP contribution in [-0.4, -0.2) is 32.6 Å². The van der Waals surface area contributed by atoms with Gasteiger partial charge in [0.2, 0.25) is 5.91 Å². The van der Waals surface area contributed by atoms with E-state index >= 15 is 0 Å². The van der Waals surface area contributed by atoms with E-state index < -0.39 is 0 Å². The molecule has 1 aliphatic rings. The van der Waals surface area contributed by atoms with Crippen molar-refractivity contribution in [3.8, 4) is 0 Å². The van der Waals surface area contributed by atoms with Crippen LogP contribution in [0.25, 0.3) is 11.0 Å². The molecule has 0 bridgehead atoms. The molecule has 0 unspecified atom stereocenters. The minimum Gasteiger partial charge on any atom is -0.382 e. The Hall–Kier alpha value is -2.15. The van der Waals surface area contributed by atoms with Crippen molar-refractivity contribution in [3.05, 3.63) is 17.1 Å². The Balaban J connectivity index is 2.08. The highest BCUT2D eigenvalue weighted by molar-refractivity contribution is 5.88. The van der Waals surface area contributed by atoms with Gasteiger partial charge in [-0.25, -0.2) is 15.0 Å². The van der Waals surface area contributed by atoms with Gasteiger partial charge in [-0.3, -0.25) is 9.63 Å². The molecule has 0 spiro atoms. The maximum absolute atomic E-state index is 12.4. The van der Waals surface area contributed by atoms with Crippen LogP contribution in [0.1, 0.15) is 43.8 Å². The third kappa shape index (κ3) is 3.33. The second kappa shape index (κ2) is 6.63. The molecular formula is C18H27N5O2. The number of nitrogens with zero attached hydrogens (tertiary/aromatic N) is 4. The fourth-order valence-electron chi connectivity index (χ4n) is 3.12. The summed E-state index contributed by atoms with van der Waals surface area (Å²) in [7, 11) is 1.53. The number of aromatic nitrogens is 3. The predicted octanol–water partition coefficient (Wildman–Crippen LogP) is 2.59. The van der Waals surface area contributed by atoms with Gasteiger partial charge in [-0.2, -0.15) is 0 Å². The number of imidazole rings is 1. The number of rotatable bonds is 6. The molecule has 136 valence electrons. The molecule has 2 aromatic rings. The van der Waals surface area contributed by atoms with Crippen molar-refractivity contribution in [1.82, 2.24) is 19.6 Å². The number of pyridine rings is 1. The number of anilines is 1. The molecule has 7 nitrogen and oxygen atoms in total. The van der Waals surface area contributed by atoms with Crippen molar-refractivity contribution >= 4 is 22.8 Å². The number of hydroxylamine groups is 2. The first kappa shape index (κ1) is 17.7. The van der Waals surface area contributed by atoms with Crippen molar-refractivity contribution in [1.29, 1.82) is 0 Å². The van der Waals surface area contributed by atoms with E-state index in [1.807, 2.05) is 13.8 Å². The summed E-state index contributed by atoms with van der Waals surface area (Å²) < 4.78 is 2.16. The predicted molar refractivity (Wildman–Crippen MR) is 96.5 cm³/mol. The molecule has 7 heteroatoms. The van der Waals surface area contributed by atoms with E-state index in [2.05, 4.69) is 23.4 Å². The number of aryl methyl sites for hydroxylation is 2. The topological polar surface area (TPSA) is 86.3 Å². The Kier molecular flexibility index (Phi) is 4.69. The number of fused-ring (bicyclic) bond motifs is 1. The van der Waals surface area contributed by atoms with Crippen LogP contribution in [0.3, 0.4) is 0 Å². The van der Waals surface area contributed by atoms with Crippen LogP contribution < -0.4 is 5.73 Å². The number of carbonyl (C=O) groups excluding carboxylic acids is 1. The van der Waals surface area contributed by atoms with Gasteiger partial charge in [0.1, 0.15) is 17.9 Å². The van der Waals surface area contributed by atoms with Crippen LogP contribution in [0.15, 0.2) is 0 Å². The van der Waals surface area contributed by atoms with E-state index in [9.17, 15) is 4.79 Å². The summed E-state index contributed by atoms with van der Waals surface area (Å²) in [6.07, 6.45) is 1.88. The average molecular weight is 345 g/mol. The van der Waals surface area contributed by atoms with Crippen LogP contribution in [0.4, 0.5) is 5.82 Å². The molecule has 2 heterocycles. The molecule has 0 saturated heterocycles. The molecule has 1 amide bonds. The van der Waals surface area contributed by atoms with Crippen molar-refractivity contribution in [2.75, 3.05) is 12.8 Å². The lowest BCUT2D eigenvalue weighted by Gasteiger charge is -2.21. The fourth-order valence-corrected chi connectivity index (χ4v) is 3.12. The Morgan fingerprint density at radius 2 is 2.04 bits per heavy atom. The Morgan fingerprint density at radius 1 is 1.36 bits per heavy atom. The molecule has 25 heavy (non-hydrogen) atoms. The smallest absolute Gasteiger partial charge is 0.249 e. The molecule has 0 radical (unpaired) electrons. The van der Waals surface area contributed by atoms with Gasteiger partial charge in [0.25, 0.3) is 0 Å². The zero-order valence-corrected chi connectivity index (χ0v) is 15.7. The first-order valence-corrected chi connectivity index (χ1v) is 8.80. The maximum Gasteiger partial charge on any atom is 0.249 e. The van der Waals surface area contributed by atoms with E-state index in [0.29, 0.717) is 23.8 Å². The fraction of sp³-hybridized carbons (Fsp3) is 0.611. The lowest BCUT2D eigenvalue weighted by molar-refractivity contribution is -0.181. The summed E-state index contributed by atoms with van der Waals surface area (Å²) in [5.41, 5.74) is 9.80. The third-order valence-corrected chi connectivity index (χ3v) is 4.70. The Bertz CT molecular complexity index is 808. The second-order valence-corrected chi connectivity index (χ2v) is 7.27. The molecule has 1 aliphatic carbocycles. The summed E-state index contributed by atoms with van der Waals surface area (Å²) >= 11 is 0. The molecule has 1 saturated carbocycles. The van der Waals surface area contributed by atoms with Gasteiger partial charge in [-0.05, 0) is 38.2 Å². The SMILES string of the molecule is CON(Cc1nc2c(N)nc(C)c(C)c2n1CC(C)C)C(=O)C1CC1. The summed E-state index contributed by atoms with van der Waals surface area (Å²) in [5, 5.41) is 1.42. The largest absolute Gasteiger partial charge is 0.382 e. The molecule has 2 N–H and O–H groups in total. The second-order valence-electron chi connectivity index (χ2n) is 7.27. The van der Waals surface area contributed by atoms with E-state index in [1.165, 1.54) is 12.2 Å². The summed E-state index contributed by atoms with van der Waals surface area (Å²) in [4.78, 5) is 26.9. The zero-order valence-electron chi connectivity index (χ0n) is 15.7. The Morgan fingerprint density at radius 3 is 2.60 bits per heavy atom.